The largest absolute Gasteiger partial charge is 0.439 e. The molecule has 0 radical (unpaired) electrons. The lowest BCUT2D eigenvalue weighted by molar-refractivity contribution is 0.497. The van der Waals surface area contributed by atoms with Crippen molar-refractivity contribution in [2.45, 2.75) is 33.7 Å². The molecule has 3 rings (SSSR count). The molecule has 27 heavy (non-hydrogen) atoms. The van der Waals surface area contributed by atoms with Crippen molar-refractivity contribution in [3.63, 3.8) is 0 Å². The van der Waals surface area contributed by atoms with Crippen molar-refractivity contribution in [2.75, 3.05) is 13.6 Å². The maximum atomic E-state index is 5.83. The lowest BCUT2D eigenvalue weighted by Crippen LogP contribution is -2.37. The molecule has 0 amide bonds. The topological polar surface area (TPSA) is 75.3 Å². The van der Waals surface area contributed by atoms with Crippen molar-refractivity contribution in [1.29, 1.82) is 0 Å². The molecule has 142 valence electrons. The summed E-state index contributed by atoms with van der Waals surface area (Å²) in [6.07, 6.45) is 2.63. The van der Waals surface area contributed by atoms with Gasteiger partial charge in [0.05, 0.1) is 23.4 Å². The third-order valence-electron chi connectivity index (χ3n) is 4.22. The highest BCUT2D eigenvalue weighted by atomic mass is 32.1. The van der Waals surface area contributed by atoms with Gasteiger partial charge < -0.3 is 15.1 Å². The Bertz CT molecular complexity index is 891. The second-order valence-corrected chi connectivity index (χ2v) is 7.62. The number of oxazole rings is 1. The molecule has 0 aliphatic carbocycles. The van der Waals surface area contributed by atoms with Crippen molar-refractivity contribution >= 4 is 17.3 Å². The summed E-state index contributed by atoms with van der Waals surface area (Å²) in [5, 5.41) is 7.67. The molecule has 0 atom stereocenters. The first-order valence-electron chi connectivity index (χ1n) is 8.94. The average Bonchev–Trinajstić information content (AvgIpc) is 3.25. The van der Waals surface area contributed by atoms with Crippen molar-refractivity contribution in [3.05, 3.63) is 57.5 Å². The molecule has 0 saturated heterocycles. The van der Waals surface area contributed by atoms with E-state index < -0.39 is 0 Å². The summed E-state index contributed by atoms with van der Waals surface area (Å²) < 4.78 is 5.83. The fourth-order valence-electron chi connectivity index (χ4n) is 2.56. The quantitative estimate of drug-likeness (QED) is 0.502. The van der Waals surface area contributed by atoms with Crippen LogP contribution >= 0.6 is 11.3 Å². The number of thiazole rings is 1. The Labute approximate surface area is 163 Å². The van der Waals surface area contributed by atoms with E-state index in [0.29, 0.717) is 12.4 Å². The standard InChI is InChI=1S/C20H25N5OS/c1-13-5-7-16(8-6-13)17-11-23-18(26-17)12-24-20(21-4)22-10-9-19-25-14(2)15(3)27-19/h5-8,11H,9-10,12H2,1-4H3,(H2,21,22,24). The summed E-state index contributed by atoms with van der Waals surface area (Å²) in [7, 11) is 1.75. The molecule has 2 heterocycles. The predicted molar refractivity (Wildman–Crippen MR) is 110 cm³/mol. The molecule has 0 fully saturated rings. The molecule has 0 saturated carbocycles. The first-order chi connectivity index (χ1) is 13.0. The fourth-order valence-corrected chi connectivity index (χ4v) is 3.49. The van der Waals surface area contributed by atoms with Crippen molar-refractivity contribution in [2.24, 2.45) is 4.99 Å². The third kappa shape index (κ3) is 5.17. The second kappa shape index (κ2) is 8.81. The first-order valence-corrected chi connectivity index (χ1v) is 9.76. The lowest BCUT2D eigenvalue weighted by Gasteiger charge is -2.09. The summed E-state index contributed by atoms with van der Waals surface area (Å²) in [4.78, 5) is 14.4. The van der Waals surface area contributed by atoms with E-state index in [1.165, 1.54) is 10.4 Å². The van der Waals surface area contributed by atoms with Gasteiger partial charge in [-0.05, 0) is 20.8 Å². The van der Waals surface area contributed by atoms with Crippen LogP contribution < -0.4 is 10.6 Å². The minimum Gasteiger partial charge on any atom is -0.439 e. The van der Waals surface area contributed by atoms with Crippen molar-refractivity contribution < 1.29 is 4.42 Å². The molecule has 3 aromatic rings. The van der Waals surface area contributed by atoms with Gasteiger partial charge in [0, 0.05) is 30.5 Å². The Kier molecular flexibility index (Phi) is 6.24. The van der Waals surface area contributed by atoms with Crippen LogP contribution in [0.5, 0.6) is 0 Å². The zero-order valence-corrected chi connectivity index (χ0v) is 17.0. The van der Waals surface area contributed by atoms with Crippen LogP contribution in [-0.4, -0.2) is 29.5 Å². The summed E-state index contributed by atoms with van der Waals surface area (Å²) in [6, 6.07) is 8.20. The van der Waals surface area contributed by atoms with Gasteiger partial charge in [-0.2, -0.15) is 0 Å². The molecule has 1 aromatic carbocycles. The number of hydrogen-bond acceptors (Lipinski definition) is 5. The molecule has 0 spiro atoms. The lowest BCUT2D eigenvalue weighted by atomic mass is 10.1. The third-order valence-corrected chi connectivity index (χ3v) is 5.36. The highest BCUT2D eigenvalue weighted by Gasteiger charge is 2.08. The number of rotatable bonds is 6. The van der Waals surface area contributed by atoms with E-state index in [4.69, 9.17) is 4.42 Å². The van der Waals surface area contributed by atoms with E-state index in [9.17, 15) is 0 Å². The number of aliphatic imine (C=N–C) groups is 1. The number of nitrogens with zero attached hydrogens (tertiary/aromatic N) is 3. The Morgan fingerprint density at radius 2 is 1.93 bits per heavy atom. The van der Waals surface area contributed by atoms with Gasteiger partial charge in [-0.15, -0.1) is 11.3 Å². The number of guanidine groups is 1. The van der Waals surface area contributed by atoms with Gasteiger partial charge >= 0.3 is 0 Å². The number of aryl methyl sites for hydroxylation is 3. The first kappa shape index (κ1) is 19.1. The minimum atomic E-state index is 0.473. The number of hydrogen-bond donors (Lipinski definition) is 2. The zero-order valence-electron chi connectivity index (χ0n) is 16.2. The van der Waals surface area contributed by atoms with Crippen LogP contribution in [0.15, 0.2) is 39.9 Å². The molecule has 2 aromatic heterocycles. The van der Waals surface area contributed by atoms with Crippen LogP contribution in [0.2, 0.25) is 0 Å². The monoisotopic (exact) mass is 383 g/mol. The minimum absolute atomic E-state index is 0.473. The van der Waals surface area contributed by atoms with Crippen LogP contribution in [0.25, 0.3) is 11.3 Å². The Morgan fingerprint density at radius 3 is 2.59 bits per heavy atom. The summed E-state index contributed by atoms with van der Waals surface area (Å²) in [5.74, 6) is 2.11. The Hall–Kier alpha value is -2.67. The van der Waals surface area contributed by atoms with Gasteiger partial charge in [0.1, 0.15) is 0 Å². The van der Waals surface area contributed by atoms with Crippen LogP contribution in [0.1, 0.15) is 27.0 Å². The van der Waals surface area contributed by atoms with E-state index >= 15 is 0 Å². The normalized spacial score (nSPS) is 11.6. The summed E-state index contributed by atoms with van der Waals surface area (Å²) in [6.45, 7) is 7.46. The van der Waals surface area contributed by atoms with Crippen LogP contribution in [-0.2, 0) is 13.0 Å². The highest BCUT2D eigenvalue weighted by Crippen LogP contribution is 2.20. The van der Waals surface area contributed by atoms with Gasteiger partial charge in [-0.25, -0.2) is 9.97 Å². The van der Waals surface area contributed by atoms with Crippen LogP contribution in [0.3, 0.4) is 0 Å². The number of nitrogens with one attached hydrogen (secondary N) is 2. The molecule has 6 nitrogen and oxygen atoms in total. The average molecular weight is 384 g/mol. The summed E-state index contributed by atoms with van der Waals surface area (Å²) >= 11 is 1.75. The Balaban J connectivity index is 1.48. The zero-order chi connectivity index (χ0) is 19.2. The molecular formula is C20H25N5OS. The highest BCUT2D eigenvalue weighted by molar-refractivity contribution is 7.11. The van der Waals surface area contributed by atoms with Gasteiger partial charge in [0.25, 0.3) is 0 Å². The van der Waals surface area contributed by atoms with Gasteiger partial charge in [0.15, 0.2) is 11.7 Å². The molecular weight excluding hydrogens is 358 g/mol. The molecule has 0 aliphatic heterocycles. The summed E-state index contributed by atoms with van der Waals surface area (Å²) in [5.41, 5.74) is 3.36. The van der Waals surface area contributed by atoms with E-state index in [-0.39, 0.29) is 0 Å². The Morgan fingerprint density at radius 1 is 1.15 bits per heavy atom. The molecule has 0 unspecified atom stereocenters. The van der Waals surface area contributed by atoms with Crippen LogP contribution in [0.4, 0.5) is 0 Å². The fraction of sp³-hybridized carbons (Fsp3) is 0.350. The van der Waals surface area contributed by atoms with E-state index in [1.807, 2.05) is 19.1 Å². The van der Waals surface area contributed by atoms with Crippen LogP contribution in [0, 0.1) is 20.8 Å². The van der Waals surface area contributed by atoms with E-state index in [0.717, 1.165) is 41.0 Å². The molecule has 7 heteroatoms. The van der Waals surface area contributed by atoms with E-state index in [1.54, 1.807) is 24.6 Å². The maximum Gasteiger partial charge on any atom is 0.214 e. The van der Waals surface area contributed by atoms with Gasteiger partial charge in [-0.3, -0.25) is 4.99 Å². The van der Waals surface area contributed by atoms with Crippen molar-refractivity contribution in [1.82, 2.24) is 20.6 Å². The SMILES string of the molecule is CN=C(NCCc1nc(C)c(C)s1)NCc1ncc(-c2ccc(C)cc2)o1. The molecule has 2 N–H and O–H groups in total. The maximum absolute atomic E-state index is 5.83. The second-order valence-electron chi connectivity index (χ2n) is 6.34. The predicted octanol–water partition coefficient (Wildman–Crippen LogP) is 3.63. The number of aromatic nitrogens is 2. The molecule has 0 bridgehead atoms. The molecule has 0 aliphatic rings. The number of benzene rings is 1. The smallest absolute Gasteiger partial charge is 0.214 e. The van der Waals surface area contributed by atoms with Gasteiger partial charge in [0.2, 0.25) is 5.89 Å². The van der Waals surface area contributed by atoms with E-state index in [2.05, 4.69) is 51.6 Å². The van der Waals surface area contributed by atoms with Crippen molar-refractivity contribution in [3.8, 4) is 11.3 Å². The van der Waals surface area contributed by atoms with Gasteiger partial charge in [-0.1, -0.05) is 29.8 Å².